The summed E-state index contributed by atoms with van der Waals surface area (Å²) in [5, 5.41) is 2.10. The van der Waals surface area contributed by atoms with E-state index in [4.69, 9.17) is 5.84 Å². The van der Waals surface area contributed by atoms with Gasteiger partial charge in [-0.15, -0.1) is 11.3 Å². The topological polar surface area (TPSA) is 71.2 Å². The number of thiophene rings is 1. The van der Waals surface area contributed by atoms with E-state index in [1.165, 1.54) is 17.7 Å². The summed E-state index contributed by atoms with van der Waals surface area (Å²) in [5.74, 6) is 4.80. The summed E-state index contributed by atoms with van der Waals surface area (Å²) >= 11 is 1.78. The van der Waals surface area contributed by atoms with Gasteiger partial charge in [0.15, 0.2) is 0 Å². The molecule has 1 saturated carbocycles. The quantitative estimate of drug-likeness (QED) is 0.486. The molecule has 21 heavy (non-hydrogen) atoms. The Balaban J connectivity index is 1.72. The molecule has 6 heteroatoms. The summed E-state index contributed by atoms with van der Waals surface area (Å²) < 4.78 is 0. The standard InChI is InChI=1S/C15H18N4OS/c16-18-15(20)14-5-1-3-11(17-14)9-19(12-6-7-12)10-13-4-2-8-21-13/h1-5,8,12H,6-7,9-10,16H2,(H,18,20). The van der Waals surface area contributed by atoms with Crippen LogP contribution in [0.15, 0.2) is 35.7 Å². The van der Waals surface area contributed by atoms with Crippen molar-refractivity contribution in [3.63, 3.8) is 0 Å². The third-order valence-electron chi connectivity index (χ3n) is 3.54. The zero-order valence-electron chi connectivity index (χ0n) is 11.7. The Hall–Kier alpha value is -1.76. The molecule has 1 amide bonds. The number of amides is 1. The maximum Gasteiger partial charge on any atom is 0.283 e. The summed E-state index contributed by atoms with van der Waals surface area (Å²) in [6, 6.07) is 10.4. The van der Waals surface area contributed by atoms with Gasteiger partial charge in [-0.3, -0.25) is 15.1 Å². The van der Waals surface area contributed by atoms with Crippen LogP contribution in [0.5, 0.6) is 0 Å². The number of hydrogen-bond acceptors (Lipinski definition) is 5. The fourth-order valence-corrected chi connectivity index (χ4v) is 3.06. The Labute approximate surface area is 127 Å². The SMILES string of the molecule is NNC(=O)c1cccc(CN(Cc2cccs2)C2CC2)n1. The Morgan fingerprint density at radius 3 is 2.86 bits per heavy atom. The lowest BCUT2D eigenvalue weighted by Gasteiger charge is -2.21. The van der Waals surface area contributed by atoms with Crippen molar-refractivity contribution in [1.82, 2.24) is 15.3 Å². The van der Waals surface area contributed by atoms with Crippen LogP contribution in [-0.4, -0.2) is 21.8 Å². The highest BCUT2D eigenvalue weighted by atomic mass is 32.1. The van der Waals surface area contributed by atoms with Crippen molar-refractivity contribution < 1.29 is 4.79 Å². The van der Waals surface area contributed by atoms with Crippen molar-refractivity contribution in [3.8, 4) is 0 Å². The molecule has 1 aliphatic rings. The van der Waals surface area contributed by atoms with Crippen LogP contribution in [0.3, 0.4) is 0 Å². The fraction of sp³-hybridized carbons (Fsp3) is 0.333. The molecule has 0 atom stereocenters. The van der Waals surface area contributed by atoms with Crippen LogP contribution in [0.1, 0.15) is 33.9 Å². The zero-order valence-corrected chi connectivity index (χ0v) is 12.5. The van der Waals surface area contributed by atoms with E-state index < -0.39 is 0 Å². The first kappa shape index (κ1) is 14.2. The van der Waals surface area contributed by atoms with Crippen LogP contribution < -0.4 is 11.3 Å². The molecule has 2 aromatic rings. The molecule has 0 unspecified atom stereocenters. The molecule has 3 rings (SSSR count). The fourth-order valence-electron chi connectivity index (χ4n) is 2.33. The summed E-state index contributed by atoms with van der Waals surface area (Å²) in [6.07, 6.45) is 2.49. The van der Waals surface area contributed by atoms with Gasteiger partial charge in [0.2, 0.25) is 0 Å². The molecule has 3 N–H and O–H groups in total. The minimum atomic E-state index is -0.354. The van der Waals surface area contributed by atoms with Gasteiger partial charge in [-0.05, 0) is 36.4 Å². The lowest BCUT2D eigenvalue weighted by molar-refractivity contribution is 0.0948. The second-order valence-corrected chi connectivity index (χ2v) is 6.24. The van der Waals surface area contributed by atoms with Crippen LogP contribution >= 0.6 is 11.3 Å². The molecule has 5 nitrogen and oxygen atoms in total. The highest BCUT2D eigenvalue weighted by Gasteiger charge is 2.29. The predicted molar refractivity (Wildman–Crippen MR) is 82.5 cm³/mol. The first-order chi connectivity index (χ1) is 10.3. The van der Waals surface area contributed by atoms with E-state index >= 15 is 0 Å². The largest absolute Gasteiger partial charge is 0.289 e. The number of hydrazine groups is 1. The second-order valence-electron chi connectivity index (χ2n) is 5.20. The molecule has 1 fully saturated rings. The molecule has 0 bridgehead atoms. The number of rotatable bonds is 6. The molecule has 2 heterocycles. The monoisotopic (exact) mass is 302 g/mol. The molecule has 110 valence electrons. The lowest BCUT2D eigenvalue weighted by atomic mass is 10.2. The Morgan fingerprint density at radius 2 is 2.19 bits per heavy atom. The third-order valence-corrected chi connectivity index (χ3v) is 4.40. The third kappa shape index (κ3) is 3.66. The minimum Gasteiger partial charge on any atom is -0.289 e. The van der Waals surface area contributed by atoms with Crippen LogP contribution in [0.25, 0.3) is 0 Å². The summed E-state index contributed by atoms with van der Waals surface area (Å²) in [4.78, 5) is 19.7. The first-order valence-electron chi connectivity index (χ1n) is 6.99. The maximum atomic E-state index is 11.5. The average molecular weight is 302 g/mol. The van der Waals surface area contributed by atoms with E-state index in [0.29, 0.717) is 11.7 Å². The van der Waals surface area contributed by atoms with Crippen LogP contribution in [0.4, 0.5) is 0 Å². The number of nitrogens with two attached hydrogens (primary N) is 1. The van der Waals surface area contributed by atoms with Gasteiger partial charge in [0, 0.05) is 24.0 Å². The number of nitrogen functional groups attached to an aromatic ring is 1. The van der Waals surface area contributed by atoms with Gasteiger partial charge in [0.1, 0.15) is 5.69 Å². The van der Waals surface area contributed by atoms with E-state index in [-0.39, 0.29) is 5.91 Å². The van der Waals surface area contributed by atoms with Gasteiger partial charge in [-0.2, -0.15) is 0 Å². The van der Waals surface area contributed by atoms with E-state index in [0.717, 1.165) is 18.8 Å². The number of hydrogen-bond donors (Lipinski definition) is 2. The van der Waals surface area contributed by atoms with Gasteiger partial charge in [0.25, 0.3) is 5.91 Å². The van der Waals surface area contributed by atoms with Crippen molar-refractivity contribution in [2.45, 2.75) is 32.0 Å². The summed E-state index contributed by atoms with van der Waals surface area (Å²) in [6.45, 7) is 1.70. The smallest absolute Gasteiger partial charge is 0.283 e. The lowest BCUT2D eigenvalue weighted by Crippen LogP contribution is -2.31. The van der Waals surface area contributed by atoms with Crippen molar-refractivity contribution in [1.29, 1.82) is 0 Å². The Bertz CT molecular complexity index is 610. The molecular weight excluding hydrogens is 284 g/mol. The molecule has 0 aromatic carbocycles. The molecule has 0 radical (unpaired) electrons. The number of nitrogens with zero attached hydrogens (tertiary/aromatic N) is 2. The van der Waals surface area contributed by atoms with Gasteiger partial charge in [0.05, 0.1) is 5.69 Å². The van der Waals surface area contributed by atoms with E-state index in [2.05, 4.69) is 32.8 Å². The predicted octanol–water partition coefficient (Wildman–Crippen LogP) is 1.91. The second kappa shape index (κ2) is 6.34. The van der Waals surface area contributed by atoms with Gasteiger partial charge in [-0.25, -0.2) is 10.8 Å². The van der Waals surface area contributed by atoms with Gasteiger partial charge < -0.3 is 0 Å². The molecule has 2 aromatic heterocycles. The first-order valence-corrected chi connectivity index (χ1v) is 7.87. The summed E-state index contributed by atoms with van der Waals surface area (Å²) in [5.41, 5.74) is 3.39. The normalized spacial score (nSPS) is 14.4. The zero-order chi connectivity index (χ0) is 14.7. The van der Waals surface area contributed by atoms with Crippen molar-refractivity contribution in [2.24, 2.45) is 5.84 Å². The highest BCUT2D eigenvalue weighted by Crippen LogP contribution is 2.30. The van der Waals surface area contributed by atoms with E-state index in [1.54, 1.807) is 17.4 Å². The Morgan fingerprint density at radius 1 is 1.33 bits per heavy atom. The van der Waals surface area contributed by atoms with Crippen LogP contribution in [0.2, 0.25) is 0 Å². The summed E-state index contributed by atoms with van der Waals surface area (Å²) in [7, 11) is 0. The van der Waals surface area contributed by atoms with E-state index in [1.807, 2.05) is 12.1 Å². The molecule has 0 spiro atoms. The number of aromatic nitrogens is 1. The number of pyridine rings is 1. The van der Waals surface area contributed by atoms with Crippen molar-refractivity contribution in [2.75, 3.05) is 0 Å². The van der Waals surface area contributed by atoms with Crippen molar-refractivity contribution >= 4 is 17.2 Å². The van der Waals surface area contributed by atoms with E-state index in [9.17, 15) is 4.79 Å². The van der Waals surface area contributed by atoms with Crippen molar-refractivity contribution in [3.05, 3.63) is 52.0 Å². The minimum absolute atomic E-state index is 0.354. The molecule has 0 saturated heterocycles. The van der Waals surface area contributed by atoms with Crippen LogP contribution in [0, 0.1) is 0 Å². The molecule has 0 aliphatic heterocycles. The number of nitrogens with one attached hydrogen (secondary N) is 1. The van der Waals surface area contributed by atoms with Gasteiger partial charge >= 0.3 is 0 Å². The number of carbonyl (C=O) groups is 1. The maximum absolute atomic E-state index is 11.5. The molecule has 1 aliphatic carbocycles. The average Bonchev–Trinajstić information content (AvgIpc) is 3.24. The highest BCUT2D eigenvalue weighted by molar-refractivity contribution is 7.09. The van der Waals surface area contributed by atoms with Gasteiger partial charge in [-0.1, -0.05) is 12.1 Å². The molecular formula is C15H18N4OS. The number of carbonyl (C=O) groups excluding carboxylic acids is 1. The Kier molecular flexibility index (Phi) is 4.28. The van der Waals surface area contributed by atoms with Crippen LogP contribution in [-0.2, 0) is 13.1 Å².